The summed E-state index contributed by atoms with van der Waals surface area (Å²) < 4.78 is 0. The number of likely N-dealkylation sites (tertiary alicyclic amines) is 1. The fraction of sp³-hybridized carbons (Fsp3) is 1.00. The summed E-state index contributed by atoms with van der Waals surface area (Å²) in [6, 6.07) is 0.792. The van der Waals surface area contributed by atoms with Crippen molar-refractivity contribution in [1.82, 2.24) is 4.90 Å². The highest BCUT2D eigenvalue weighted by atomic mass is 15.2. The molecule has 0 amide bonds. The molecule has 54 valence electrons. The Hall–Kier alpha value is -0.0400. The van der Waals surface area contributed by atoms with E-state index in [4.69, 9.17) is 0 Å². The highest BCUT2D eigenvalue weighted by molar-refractivity contribution is 4.83. The van der Waals surface area contributed by atoms with E-state index in [-0.39, 0.29) is 0 Å². The molecule has 1 fully saturated rings. The van der Waals surface area contributed by atoms with Gasteiger partial charge in [0.2, 0.25) is 0 Å². The molecule has 1 heterocycles. The predicted octanol–water partition coefficient (Wildman–Crippen LogP) is 1.59. The van der Waals surface area contributed by atoms with Gasteiger partial charge in [-0.3, -0.25) is 0 Å². The number of hydrogen-bond acceptors (Lipinski definition) is 1. The van der Waals surface area contributed by atoms with Gasteiger partial charge >= 0.3 is 0 Å². The van der Waals surface area contributed by atoms with Gasteiger partial charge < -0.3 is 4.90 Å². The highest BCUT2D eigenvalue weighted by Gasteiger charge is 2.30. The van der Waals surface area contributed by atoms with Gasteiger partial charge in [0.25, 0.3) is 0 Å². The minimum Gasteiger partial charge on any atom is -0.303 e. The van der Waals surface area contributed by atoms with Crippen molar-refractivity contribution in [1.29, 1.82) is 0 Å². The molecule has 0 spiro atoms. The molecular weight excluding hydrogens is 110 g/mol. The van der Waals surface area contributed by atoms with Crippen LogP contribution in [0.15, 0.2) is 0 Å². The second-order valence-corrected chi connectivity index (χ2v) is 3.52. The van der Waals surface area contributed by atoms with E-state index in [9.17, 15) is 0 Å². The normalized spacial score (nSPS) is 46.0. The van der Waals surface area contributed by atoms with Crippen LogP contribution in [0.5, 0.6) is 0 Å². The molecule has 1 nitrogen and oxygen atoms in total. The Morgan fingerprint density at radius 1 is 1.22 bits per heavy atom. The van der Waals surface area contributed by atoms with Gasteiger partial charge in [-0.1, -0.05) is 13.8 Å². The quantitative estimate of drug-likeness (QED) is 0.477. The smallest absolute Gasteiger partial charge is 0.00926 e. The van der Waals surface area contributed by atoms with Crippen molar-refractivity contribution in [2.24, 2.45) is 11.8 Å². The van der Waals surface area contributed by atoms with Crippen LogP contribution in [0.2, 0.25) is 0 Å². The maximum atomic E-state index is 2.44. The van der Waals surface area contributed by atoms with Gasteiger partial charge in [-0.15, -0.1) is 0 Å². The van der Waals surface area contributed by atoms with Crippen molar-refractivity contribution in [3.05, 3.63) is 0 Å². The second-order valence-electron chi connectivity index (χ2n) is 3.52. The summed E-state index contributed by atoms with van der Waals surface area (Å²) in [5, 5.41) is 0. The third-order valence-electron chi connectivity index (χ3n) is 2.93. The zero-order chi connectivity index (χ0) is 7.02. The summed E-state index contributed by atoms with van der Waals surface area (Å²) in [6.45, 7) is 8.28. The first-order valence-corrected chi connectivity index (χ1v) is 3.83. The minimum atomic E-state index is 0.792. The van der Waals surface area contributed by atoms with Crippen LogP contribution in [-0.2, 0) is 0 Å². The number of nitrogens with zero attached hydrogens (tertiary/aromatic N) is 1. The zero-order valence-corrected chi connectivity index (χ0v) is 6.89. The molecule has 1 aliphatic heterocycles. The third kappa shape index (κ3) is 1.11. The fourth-order valence-electron chi connectivity index (χ4n) is 1.66. The Bertz CT molecular complexity index is 88.7. The van der Waals surface area contributed by atoms with E-state index in [2.05, 4.69) is 32.7 Å². The van der Waals surface area contributed by atoms with Crippen LogP contribution >= 0.6 is 0 Å². The van der Waals surface area contributed by atoms with Crippen molar-refractivity contribution >= 4 is 0 Å². The van der Waals surface area contributed by atoms with E-state index in [1.54, 1.807) is 0 Å². The van der Waals surface area contributed by atoms with Gasteiger partial charge in [-0.05, 0) is 25.8 Å². The first kappa shape index (κ1) is 7.07. The standard InChI is InChI=1S/C8H17N/c1-6-5-9(4)8(3)7(6)2/h6-8H,5H2,1-4H3/t6-,7-,8?/m1/s1. The topological polar surface area (TPSA) is 3.24 Å². The van der Waals surface area contributed by atoms with Gasteiger partial charge in [-0.25, -0.2) is 0 Å². The lowest BCUT2D eigenvalue weighted by Crippen LogP contribution is -2.24. The Morgan fingerprint density at radius 2 is 1.78 bits per heavy atom. The van der Waals surface area contributed by atoms with E-state index in [0.717, 1.165) is 17.9 Å². The molecule has 0 aliphatic carbocycles. The summed E-state index contributed by atoms with van der Waals surface area (Å²) in [6.07, 6.45) is 0. The minimum absolute atomic E-state index is 0.792. The van der Waals surface area contributed by atoms with Crippen molar-refractivity contribution < 1.29 is 0 Å². The molecule has 0 aromatic heterocycles. The molecule has 0 bridgehead atoms. The predicted molar refractivity (Wildman–Crippen MR) is 40.4 cm³/mol. The summed E-state index contributed by atoms with van der Waals surface area (Å²) in [7, 11) is 2.21. The van der Waals surface area contributed by atoms with Crippen LogP contribution in [0.25, 0.3) is 0 Å². The van der Waals surface area contributed by atoms with E-state index in [0.29, 0.717) is 0 Å². The van der Waals surface area contributed by atoms with Crippen LogP contribution in [0.4, 0.5) is 0 Å². The molecule has 1 unspecified atom stereocenters. The first-order valence-electron chi connectivity index (χ1n) is 3.83. The van der Waals surface area contributed by atoms with Crippen LogP contribution in [0.3, 0.4) is 0 Å². The van der Waals surface area contributed by atoms with Crippen LogP contribution in [-0.4, -0.2) is 24.5 Å². The van der Waals surface area contributed by atoms with Crippen LogP contribution in [0.1, 0.15) is 20.8 Å². The Labute approximate surface area is 58.0 Å². The van der Waals surface area contributed by atoms with Crippen molar-refractivity contribution in [2.75, 3.05) is 13.6 Å². The molecule has 0 radical (unpaired) electrons. The van der Waals surface area contributed by atoms with Crippen LogP contribution in [0, 0.1) is 11.8 Å². The van der Waals surface area contributed by atoms with Gasteiger partial charge in [0.15, 0.2) is 0 Å². The molecule has 0 N–H and O–H groups in total. The Morgan fingerprint density at radius 3 is 1.89 bits per heavy atom. The summed E-state index contributed by atoms with van der Waals surface area (Å²) in [5.41, 5.74) is 0. The summed E-state index contributed by atoms with van der Waals surface area (Å²) >= 11 is 0. The molecular formula is C8H17N. The highest BCUT2D eigenvalue weighted by Crippen LogP contribution is 2.26. The van der Waals surface area contributed by atoms with E-state index < -0.39 is 0 Å². The van der Waals surface area contributed by atoms with Crippen LogP contribution < -0.4 is 0 Å². The zero-order valence-electron chi connectivity index (χ0n) is 6.89. The van der Waals surface area contributed by atoms with Gasteiger partial charge in [0.05, 0.1) is 0 Å². The van der Waals surface area contributed by atoms with E-state index in [1.807, 2.05) is 0 Å². The SMILES string of the molecule is CC1[C@H](C)[C@H](C)CN1C. The maximum Gasteiger partial charge on any atom is 0.00926 e. The maximum absolute atomic E-state index is 2.44. The lowest BCUT2D eigenvalue weighted by molar-refractivity contribution is 0.300. The number of hydrogen-bond donors (Lipinski definition) is 0. The lowest BCUT2D eigenvalue weighted by atomic mass is 9.95. The summed E-state index contributed by atoms with van der Waals surface area (Å²) in [4.78, 5) is 2.44. The Kier molecular flexibility index (Phi) is 1.80. The number of rotatable bonds is 0. The molecule has 1 saturated heterocycles. The largest absolute Gasteiger partial charge is 0.303 e. The van der Waals surface area contributed by atoms with Crippen molar-refractivity contribution in [3.63, 3.8) is 0 Å². The molecule has 1 aliphatic rings. The van der Waals surface area contributed by atoms with Gasteiger partial charge in [-0.2, -0.15) is 0 Å². The molecule has 3 atom stereocenters. The Balaban J connectivity index is 2.54. The van der Waals surface area contributed by atoms with Crippen molar-refractivity contribution in [2.45, 2.75) is 26.8 Å². The molecule has 1 heteroatoms. The molecule has 1 rings (SSSR count). The summed E-state index contributed by atoms with van der Waals surface area (Å²) in [5.74, 6) is 1.78. The van der Waals surface area contributed by atoms with E-state index >= 15 is 0 Å². The average Bonchev–Trinajstić information content (AvgIpc) is 1.98. The lowest BCUT2D eigenvalue weighted by Gasteiger charge is -2.16. The third-order valence-corrected chi connectivity index (χ3v) is 2.93. The molecule has 0 saturated carbocycles. The average molecular weight is 127 g/mol. The molecule has 0 aromatic rings. The fourth-order valence-corrected chi connectivity index (χ4v) is 1.66. The van der Waals surface area contributed by atoms with Gasteiger partial charge in [0, 0.05) is 12.6 Å². The second kappa shape index (κ2) is 2.30. The molecule has 9 heavy (non-hydrogen) atoms. The van der Waals surface area contributed by atoms with Crippen molar-refractivity contribution in [3.8, 4) is 0 Å². The first-order chi connectivity index (χ1) is 4.13. The van der Waals surface area contributed by atoms with Gasteiger partial charge in [0.1, 0.15) is 0 Å². The molecule has 0 aromatic carbocycles. The van der Waals surface area contributed by atoms with E-state index in [1.165, 1.54) is 6.54 Å². The monoisotopic (exact) mass is 127 g/mol.